The number of hydrogen-bond donors (Lipinski definition) is 0. The molecule has 22 heavy (non-hydrogen) atoms. The highest BCUT2D eigenvalue weighted by Gasteiger charge is 2.32. The van der Waals surface area contributed by atoms with E-state index in [4.69, 9.17) is 16.3 Å². The Hall–Kier alpha value is -1.53. The first-order chi connectivity index (χ1) is 10.4. The van der Waals surface area contributed by atoms with Gasteiger partial charge in [0.15, 0.2) is 5.12 Å². The molecule has 1 saturated heterocycles. The van der Waals surface area contributed by atoms with Crippen molar-refractivity contribution in [3.8, 4) is 0 Å². The number of esters is 1. The third-order valence-electron chi connectivity index (χ3n) is 3.18. The van der Waals surface area contributed by atoms with Crippen LogP contribution in [0.3, 0.4) is 0 Å². The van der Waals surface area contributed by atoms with E-state index in [1.165, 1.54) is 18.7 Å². The van der Waals surface area contributed by atoms with Crippen molar-refractivity contribution in [2.75, 3.05) is 18.1 Å². The van der Waals surface area contributed by atoms with Crippen LogP contribution < -0.4 is 4.90 Å². The molecule has 1 unspecified atom stereocenters. The van der Waals surface area contributed by atoms with Gasteiger partial charge in [-0.3, -0.25) is 9.59 Å². The van der Waals surface area contributed by atoms with E-state index in [9.17, 15) is 14.4 Å². The quantitative estimate of drug-likeness (QED) is 0.788. The minimum Gasteiger partial charge on any atom is -0.462 e. The van der Waals surface area contributed by atoms with E-state index >= 15 is 0 Å². The summed E-state index contributed by atoms with van der Waals surface area (Å²) in [4.78, 5) is 36.7. The molecule has 1 fully saturated rings. The topological polar surface area (TPSA) is 63.7 Å². The van der Waals surface area contributed by atoms with Crippen molar-refractivity contribution in [3.63, 3.8) is 0 Å². The second-order valence-electron chi connectivity index (χ2n) is 4.82. The molecule has 1 heterocycles. The Balaban J connectivity index is 2.22. The van der Waals surface area contributed by atoms with Crippen LogP contribution in [0.15, 0.2) is 18.2 Å². The van der Waals surface area contributed by atoms with E-state index in [0.717, 1.165) is 0 Å². The number of hydrogen-bond acceptors (Lipinski definition) is 5. The lowest BCUT2D eigenvalue weighted by Crippen LogP contribution is -2.25. The minimum atomic E-state index is -0.518. The maximum absolute atomic E-state index is 12.1. The summed E-state index contributed by atoms with van der Waals surface area (Å²) in [6.45, 7) is 3.88. The Kier molecular flexibility index (Phi) is 5.47. The zero-order chi connectivity index (χ0) is 16.3. The summed E-state index contributed by atoms with van der Waals surface area (Å²) in [5.41, 5.74) is 0.820. The van der Waals surface area contributed by atoms with E-state index in [2.05, 4.69) is 0 Å². The highest BCUT2D eigenvalue weighted by atomic mass is 35.5. The van der Waals surface area contributed by atoms with Crippen LogP contribution in [-0.2, 0) is 14.3 Å². The smallest absolute Gasteiger partial charge is 0.339 e. The predicted octanol–water partition coefficient (Wildman–Crippen LogP) is 2.90. The normalized spacial score (nSPS) is 17.7. The van der Waals surface area contributed by atoms with Gasteiger partial charge in [-0.05, 0) is 25.1 Å². The second-order valence-corrected chi connectivity index (χ2v) is 6.71. The van der Waals surface area contributed by atoms with Gasteiger partial charge in [-0.25, -0.2) is 4.79 Å². The summed E-state index contributed by atoms with van der Waals surface area (Å²) >= 11 is 7.18. The molecule has 0 saturated carbocycles. The van der Waals surface area contributed by atoms with Gasteiger partial charge in [0.25, 0.3) is 0 Å². The molecule has 1 amide bonds. The number of carbonyl (C=O) groups excluding carboxylic acids is 3. The van der Waals surface area contributed by atoms with Crippen LogP contribution in [-0.4, -0.2) is 35.4 Å². The fourth-order valence-electron chi connectivity index (χ4n) is 2.28. The van der Waals surface area contributed by atoms with Crippen LogP contribution in [0, 0.1) is 0 Å². The summed E-state index contributed by atoms with van der Waals surface area (Å²) in [6.07, 6.45) is 0.307. The standard InChI is InChI=1S/C15H16ClNO4S/c1-3-21-15(20)12-6-10(4-5-13(12)16)17-8-11(7-14(17)19)22-9(2)18/h4-6,11H,3,7-8H2,1-2H3. The summed E-state index contributed by atoms with van der Waals surface area (Å²) in [5.74, 6) is -0.591. The van der Waals surface area contributed by atoms with Crippen molar-refractivity contribution in [2.24, 2.45) is 0 Å². The summed E-state index contributed by atoms with van der Waals surface area (Å²) < 4.78 is 4.95. The number of thioether (sulfide) groups is 1. The van der Waals surface area contributed by atoms with Crippen LogP contribution in [0.4, 0.5) is 5.69 Å². The summed E-state index contributed by atoms with van der Waals surface area (Å²) in [6, 6.07) is 4.81. The van der Waals surface area contributed by atoms with Gasteiger partial charge in [0.1, 0.15) is 0 Å². The van der Waals surface area contributed by atoms with Crippen molar-refractivity contribution in [1.82, 2.24) is 0 Å². The van der Waals surface area contributed by atoms with Gasteiger partial charge < -0.3 is 9.64 Å². The van der Waals surface area contributed by atoms with Crippen molar-refractivity contribution < 1.29 is 19.1 Å². The first-order valence-electron chi connectivity index (χ1n) is 6.86. The molecule has 5 nitrogen and oxygen atoms in total. The molecule has 118 valence electrons. The molecule has 1 aromatic rings. The zero-order valence-electron chi connectivity index (χ0n) is 12.3. The van der Waals surface area contributed by atoms with Crippen molar-refractivity contribution in [3.05, 3.63) is 28.8 Å². The molecule has 0 bridgehead atoms. The van der Waals surface area contributed by atoms with Crippen molar-refractivity contribution in [2.45, 2.75) is 25.5 Å². The van der Waals surface area contributed by atoms with E-state index in [1.807, 2.05) is 0 Å². The van der Waals surface area contributed by atoms with Crippen LogP contribution >= 0.6 is 23.4 Å². The number of carbonyl (C=O) groups is 3. The van der Waals surface area contributed by atoms with Crippen LogP contribution in [0.2, 0.25) is 5.02 Å². The molecule has 0 radical (unpaired) electrons. The fourth-order valence-corrected chi connectivity index (χ4v) is 3.40. The van der Waals surface area contributed by atoms with Gasteiger partial charge >= 0.3 is 5.97 Å². The average molecular weight is 342 g/mol. The summed E-state index contributed by atoms with van der Waals surface area (Å²) in [7, 11) is 0. The van der Waals surface area contributed by atoms with Crippen LogP contribution in [0.1, 0.15) is 30.6 Å². The molecule has 0 aromatic heterocycles. The third-order valence-corrected chi connectivity index (χ3v) is 4.49. The average Bonchev–Trinajstić information content (AvgIpc) is 2.79. The van der Waals surface area contributed by atoms with Crippen molar-refractivity contribution >= 4 is 46.0 Å². The Labute approximate surface area is 137 Å². The highest BCUT2D eigenvalue weighted by Crippen LogP contribution is 2.31. The number of anilines is 1. The molecule has 1 aliphatic rings. The summed E-state index contributed by atoms with van der Waals surface area (Å²) in [5, 5.41) is 0.207. The van der Waals surface area contributed by atoms with Gasteiger partial charge in [-0.1, -0.05) is 23.4 Å². The van der Waals surface area contributed by atoms with Crippen LogP contribution in [0.5, 0.6) is 0 Å². The van der Waals surface area contributed by atoms with E-state index in [1.54, 1.807) is 30.0 Å². The first kappa shape index (κ1) is 16.8. The number of amides is 1. The first-order valence-corrected chi connectivity index (χ1v) is 8.12. The van der Waals surface area contributed by atoms with E-state index in [-0.39, 0.29) is 33.5 Å². The molecule has 2 rings (SSSR count). The Bertz CT molecular complexity index is 620. The minimum absolute atomic E-state index is 0.0111. The molecule has 0 spiro atoms. The molecule has 1 aliphatic heterocycles. The Morgan fingerprint density at radius 3 is 2.82 bits per heavy atom. The third kappa shape index (κ3) is 3.81. The maximum Gasteiger partial charge on any atom is 0.339 e. The molecular formula is C15H16ClNO4S. The molecular weight excluding hydrogens is 326 g/mol. The fraction of sp³-hybridized carbons (Fsp3) is 0.400. The SMILES string of the molecule is CCOC(=O)c1cc(N2CC(SC(C)=O)CC2=O)ccc1Cl. The van der Waals surface area contributed by atoms with E-state index < -0.39 is 5.97 Å². The number of benzene rings is 1. The largest absolute Gasteiger partial charge is 0.462 e. The Morgan fingerprint density at radius 1 is 1.45 bits per heavy atom. The lowest BCUT2D eigenvalue weighted by atomic mass is 10.2. The van der Waals surface area contributed by atoms with Gasteiger partial charge in [0.05, 0.1) is 17.2 Å². The number of nitrogens with zero attached hydrogens (tertiary/aromatic N) is 1. The maximum atomic E-state index is 12.1. The zero-order valence-corrected chi connectivity index (χ0v) is 13.9. The highest BCUT2D eigenvalue weighted by molar-refractivity contribution is 8.14. The monoisotopic (exact) mass is 341 g/mol. The number of ether oxygens (including phenoxy) is 1. The van der Waals surface area contributed by atoms with Gasteiger partial charge in [-0.2, -0.15) is 0 Å². The van der Waals surface area contributed by atoms with Gasteiger partial charge in [-0.15, -0.1) is 0 Å². The molecule has 1 aromatic carbocycles. The van der Waals surface area contributed by atoms with Gasteiger partial charge in [0, 0.05) is 30.8 Å². The Morgan fingerprint density at radius 2 is 2.18 bits per heavy atom. The molecule has 0 aliphatic carbocycles. The van der Waals surface area contributed by atoms with Gasteiger partial charge in [0.2, 0.25) is 5.91 Å². The second kappa shape index (κ2) is 7.15. The molecule has 1 atom stereocenters. The van der Waals surface area contributed by atoms with Crippen molar-refractivity contribution in [1.29, 1.82) is 0 Å². The number of rotatable bonds is 4. The predicted molar refractivity (Wildman–Crippen MR) is 86.4 cm³/mol. The molecule has 0 N–H and O–H groups in total. The van der Waals surface area contributed by atoms with Crippen LogP contribution in [0.25, 0.3) is 0 Å². The number of halogens is 1. The lowest BCUT2D eigenvalue weighted by molar-refractivity contribution is -0.117. The lowest BCUT2D eigenvalue weighted by Gasteiger charge is -2.17. The molecule has 7 heteroatoms. The van der Waals surface area contributed by atoms with E-state index in [0.29, 0.717) is 18.7 Å².